The van der Waals surface area contributed by atoms with Gasteiger partial charge in [0.1, 0.15) is 12.4 Å². The summed E-state index contributed by atoms with van der Waals surface area (Å²) in [4.78, 5) is 22.1. The first kappa shape index (κ1) is 15.3. The molecule has 0 unspecified atom stereocenters. The van der Waals surface area contributed by atoms with Crippen molar-refractivity contribution in [3.8, 4) is 5.75 Å². The van der Waals surface area contributed by atoms with Crippen LogP contribution in [0.25, 0.3) is 0 Å². The van der Waals surface area contributed by atoms with Gasteiger partial charge in [-0.2, -0.15) is 0 Å². The first-order valence-corrected chi connectivity index (χ1v) is 6.56. The van der Waals surface area contributed by atoms with E-state index in [0.717, 1.165) is 13.1 Å². The number of carbonyl (C=O) groups excluding carboxylic acids is 1. The van der Waals surface area contributed by atoms with Crippen LogP contribution in [0.5, 0.6) is 5.75 Å². The van der Waals surface area contributed by atoms with Gasteiger partial charge in [-0.05, 0) is 31.2 Å². The monoisotopic (exact) mass is 294 g/mol. The van der Waals surface area contributed by atoms with Gasteiger partial charge in [-0.3, -0.25) is 4.79 Å². The number of ether oxygens (including phenoxy) is 2. The topological polar surface area (TPSA) is 96.9 Å². The molecule has 3 N–H and O–H groups in total. The van der Waals surface area contributed by atoms with Gasteiger partial charge in [0.2, 0.25) is 5.91 Å². The van der Waals surface area contributed by atoms with Crippen LogP contribution < -0.4 is 15.4 Å². The van der Waals surface area contributed by atoms with Crippen molar-refractivity contribution in [3.05, 3.63) is 24.3 Å². The normalized spacial score (nSPS) is 15.9. The number of carboxylic acids is 1. The van der Waals surface area contributed by atoms with E-state index in [4.69, 9.17) is 14.6 Å². The molecule has 1 aromatic rings. The number of amides is 1. The van der Waals surface area contributed by atoms with Crippen molar-refractivity contribution in [3.63, 3.8) is 0 Å². The van der Waals surface area contributed by atoms with E-state index in [9.17, 15) is 9.59 Å². The zero-order valence-corrected chi connectivity index (χ0v) is 11.7. The summed E-state index contributed by atoms with van der Waals surface area (Å²) in [7, 11) is 0. The number of hydrogen-bond donors (Lipinski definition) is 3. The zero-order valence-electron chi connectivity index (χ0n) is 11.7. The Labute approximate surface area is 122 Å². The quantitative estimate of drug-likeness (QED) is 0.676. The average Bonchev–Trinajstić information content (AvgIpc) is 2.42. The van der Waals surface area contributed by atoms with Gasteiger partial charge in [-0.1, -0.05) is 0 Å². The van der Waals surface area contributed by atoms with E-state index in [1.807, 2.05) is 6.92 Å². The molecular formula is C14H18N2O5. The summed E-state index contributed by atoms with van der Waals surface area (Å²) in [6.07, 6.45) is 0. The lowest BCUT2D eigenvalue weighted by Gasteiger charge is -2.38. The van der Waals surface area contributed by atoms with Crippen LogP contribution in [0.4, 0.5) is 5.69 Å². The van der Waals surface area contributed by atoms with Crippen LogP contribution in [0, 0.1) is 0 Å². The molecule has 7 heteroatoms. The first-order chi connectivity index (χ1) is 9.97. The Kier molecular flexibility index (Phi) is 4.77. The second-order valence-corrected chi connectivity index (χ2v) is 5.10. The Morgan fingerprint density at radius 1 is 1.29 bits per heavy atom. The number of benzene rings is 1. The number of aliphatic carboxylic acids is 1. The van der Waals surface area contributed by atoms with Crippen molar-refractivity contribution in [2.45, 2.75) is 12.5 Å². The van der Waals surface area contributed by atoms with E-state index in [1.54, 1.807) is 24.3 Å². The molecule has 0 bridgehead atoms. The summed E-state index contributed by atoms with van der Waals surface area (Å²) in [6.45, 7) is 3.04. The van der Waals surface area contributed by atoms with Gasteiger partial charge in [0, 0.05) is 18.8 Å². The number of nitrogens with one attached hydrogen (secondary N) is 2. The van der Waals surface area contributed by atoms with E-state index in [-0.39, 0.29) is 18.1 Å². The van der Waals surface area contributed by atoms with Gasteiger partial charge in [0.05, 0.1) is 5.60 Å². The minimum atomic E-state index is -1.04. The van der Waals surface area contributed by atoms with Crippen molar-refractivity contribution in [1.82, 2.24) is 5.32 Å². The Balaban J connectivity index is 1.76. The molecule has 21 heavy (non-hydrogen) atoms. The van der Waals surface area contributed by atoms with Crippen LogP contribution in [-0.2, 0) is 14.3 Å². The van der Waals surface area contributed by atoms with Gasteiger partial charge in [0.25, 0.3) is 0 Å². The Bertz CT molecular complexity index is 511. The molecule has 2 rings (SSSR count). The molecule has 0 aromatic heterocycles. The molecule has 0 radical (unpaired) electrons. The first-order valence-electron chi connectivity index (χ1n) is 6.56. The van der Waals surface area contributed by atoms with E-state index in [0.29, 0.717) is 11.4 Å². The number of hydrogen-bond acceptors (Lipinski definition) is 5. The molecule has 1 amide bonds. The largest absolute Gasteiger partial charge is 0.482 e. The van der Waals surface area contributed by atoms with Crippen LogP contribution in [0.2, 0.25) is 0 Å². The highest BCUT2D eigenvalue weighted by Gasteiger charge is 2.32. The van der Waals surface area contributed by atoms with Gasteiger partial charge >= 0.3 is 5.97 Å². The smallest absolute Gasteiger partial charge is 0.341 e. The summed E-state index contributed by atoms with van der Waals surface area (Å²) in [5.41, 5.74) is 0.342. The molecule has 0 atom stereocenters. The highest BCUT2D eigenvalue weighted by Crippen LogP contribution is 2.17. The maximum Gasteiger partial charge on any atom is 0.341 e. The fourth-order valence-corrected chi connectivity index (χ4v) is 1.80. The molecule has 1 fully saturated rings. The maximum atomic E-state index is 11.7. The van der Waals surface area contributed by atoms with Crippen LogP contribution in [0.1, 0.15) is 6.92 Å². The second kappa shape index (κ2) is 6.55. The molecule has 1 aromatic carbocycles. The maximum absolute atomic E-state index is 11.7. The van der Waals surface area contributed by atoms with Crippen molar-refractivity contribution in [2.24, 2.45) is 0 Å². The van der Waals surface area contributed by atoms with Crippen LogP contribution in [0.15, 0.2) is 24.3 Å². The molecule has 1 saturated heterocycles. The summed E-state index contributed by atoms with van der Waals surface area (Å²) in [5.74, 6) is -0.842. The fourth-order valence-electron chi connectivity index (χ4n) is 1.80. The number of carboxylic acid groups (broad SMARTS) is 1. The summed E-state index contributed by atoms with van der Waals surface area (Å²) < 4.78 is 10.5. The summed E-state index contributed by atoms with van der Waals surface area (Å²) in [6, 6.07) is 6.47. The van der Waals surface area contributed by atoms with Crippen molar-refractivity contribution in [2.75, 3.05) is 31.6 Å². The van der Waals surface area contributed by atoms with Crippen molar-refractivity contribution in [1.29, 1.82) is 0 Å². The standard InChI is InChI=1S/C14H18N2O5/c1-14(8-15-9-14)21-6-12(17)16-10-2-4-11(5-3-10)20-7-13(18)19/h2-5,15H,6-9H2,1H3,(H,16,17)(H,18,19). The molecule has 114 valence electrons. The second-order valence-electron chi connectivity index (χ2n) is 5.10. The van der Waals surface area contributed by atoms with Gasteiger partial charge < -0.3 is 25.2 Å². The van der Waals surface area contributed by atoms with Crippen molar-refractivity contribution < 1.29 is 24.2 Å². The highest BCUT2D eigenvalue weighted by atomic mass is 16.5. The lowest BCUT2D eigenvalue weighted by Crippen LogP contribution is -2.59. The Hall–Kier alpha value is -2.12. The Morgan fingerprint density at radius 3 is 2.48 bits per heavy atom. The fraction of sp³-hybridized carbons (Fsp3) is 0.429. The molecule has 1 heterocycles. The minimum absolute atomic E-state index is 0.00452. The number of anilines is 1. The third kappa shape index (κ3) is 4.73. The van der Waals surface area contributed by atoms with Gasteiger partial charge in [-0.15, -0.1) is 0 Å². The van der Waals surface area contributed by atoms with Crippen LogP contribution >= 0.6 is 0 Å². The van der Waals surface area contributed by atoms with E-state index >= 15 is 0 Å². The van der Waals surface area contributed by atoms with Crippen LogP contribution in [0.3, 0.4) is 0 Å². The molecule has 1 aliphatic heterocycles. The SMILES string of the molecule is CC1(OCC(=O)Nc2ccc(OCC(=O)O)cc2)CNC1. The van der Waals surface area contributed by atoms with Crippen LogP contribution in [-0.4, -0.2) is 48.9 Å². The third-order valence-electron chi connectivity index (χ3n) is 3.05. The van der Waals surface area contributed by atoms with Gasteiger partial charge in [0.15, 0.2) is 6.61 Å². The zero-order chi connectivity index (χ0) is 15.3. The van der Waals surface area contributed by atoms with E-state index in [1.165, 1.54) is 0 Å². The summed E-state index contributed by atoms with van der Waals surface area (Å²) in [5, 5.41) is 14.3. The predicted octanol–water partition coefficient (Wildman–Crippen LogP) is 0.467. The van der Waals surface area contributed by atoms with E-state index < -0.39 is 12.6 Å². The molecule has 7 nitrogen and oxygen atoms in total. The molecular weight excluding hydrogens is 276 g/mol. The number of rotatable bonds is 7. The summed E-state index contributed by atoms with van der Waals surface area (Å²) >= 11 is 0. The van der Waals surface area contributed by atoms with Gasteiger partial charge in [-0.25, -0.2) is 4.79 Å². The highest BCUT2D eigenvalue weighted by molar-refractivity contribution is 5.91. The number of carbonyl (C=O) groups is 2. The predicted molar refractivity (Wildman–Crippen MR) is 75.4 cm³/mol. The average molecular weight is 294 g/mol. The molecule has 0 saturated carbocycles. The molecule has 0 aliphatic carbocycles. The minimum Gasteiger partial charge on any atom is -0.482 e. The molecule has 1 aliphatic rings. The third-order valence-corrected chi connectivity index (χ3v) is 3.05. The lowest BCUT2D eigenvalue weighted by molar-refractivity contribution is -0.139. The lowest BCUT2D eigenvalue weighted by atomic mass is 10.0. The Morgan fingerprint density at radius 2 is 1.95 bits per heavy atom. The molecule has 0 spiro atoms. The van der Waals surface area contributed by atoms with Crippen molar-refractivity contribution >= 4 is 17.6 Å². The van der Waals surface area contributed by atoms with E-state index in [2.05, 4.69) is 10.6 Å².